The van der Waals surface area contributed by atoms with E-state index in [0.717, 1.165) is 10.9 Å². The van der Waals surface area contributed by atoms with Crippen LogP contribution in [0.5, 0.6) is 5.75 Å². The highest BCUT2D eigenvalue weighted by Crippen LogP contribution is 2.30. The number of aromatic amines is 1. The van der Waals surface area contributed by atoms with Crippen molar-refractivity contribution in [3.63, 3.8) is 0 Å². The number of phenols is 1. The van der Waals surface area contributed by atoms with Crippen LogP contribution >= 0.6 is 39.1 Å². The number of rotatable bonds is 10. The minimum atomic E-state index is -1.57. The molecular weight excluding hydrogens is 611 g/mol. The lowest BCUT2D eigenvalue weighted by Gasteiger charge is -2.15. The Hall–Kier alpha value is -3.66. The summed E-state index contributed by atoms with van der Waals surface area (Å²) in [6.45, 7) is 0. The Bertz CT molecular complexity index is 1590. The van der Waals surface area contributed by atoms with Crippen LogP contribution in [0.2, 0.25) is 10.0 Å². The first-order valence-electron chi connectivity index (χ1n) is 11.7. The van der Waals surface area contributed by atoms with Gasteiger partial charge in [-0.3, -0.25) is 14.4 Å². The van der Waals surface area contributed by atoms with Crippen LogP contribution in [0.15, 0.2) is 65.1 Å². The molecule has 39 heavy (non-hydrogen) atoms. The number of carbonyl (C=O) groups excluding carboxylic acids is 3. The van der Waals surface area contributed by atoms with E-state index in [2.05, 4.69) is 26.2 Å². The Morgan fingerprint density at radius 2 is 1.64 bits per heavy atom. The predicted octanol–water partition coefficient (Wildman–Crippen LogP) is 6.21. The zero-order valence-electron chi connectivity index (χ0n) is 20.1. The Labute approximate surface area is 241 Å². The maximum absolute atomic E-state index is 13.0. The first kappa shape index (κ1) is 28.4. The number of aliphatic carboxylic acids is 1. The highest BCUT2D eigenvalue weighted by atomic mass is 79.9. The van der Waals surface area contributed by atoms with Crippen LogP contribution in [0, 0.1) is 0 Å². The number of carboxylic acid groups (broad SMARTS) is 1. The molecule has 8 nitrogen and oxygen atoms in total. The molecule has 0 fully saturated rings. The van der Waals surface area contributed by atoms with E-state index in [9.17, 15) is 29.4 Å². The third-order valence-electron chi connectivity index (χ3n) is 6.06. The molecule has 4 N–H and O–H groups in total. The van der Waals surface area contributed by atoms with Crippen molar-refractivity contribution in [1.82, 2.24) is 10.3 Å². The van der Waals surface area contributed by atoms with Crippen LogP contribution < -0.4 is 5.32 Å². The fraction of sp³-hybridized carbons (Fsp3) is 0.143. The second kappa shape index (κ2) is 12.0. The zero-order valence-corrected chi connectivity index (χ0v) is 23.2. The molecule has 0 bridgehead atoms. The van der Waals surface area contributed by atoms with E-state index >= 15 is 0 Å². The summed E-state index contributed by atoms with van der Waals surface area (Å²) in [6, 6.07) is 14.7. The number of carbonyl (C=O) groups is 4. The monoisotopic (exact) mass is 630 g/mol. The van der Waals surface area contributed by atoms with Gasteiger partial charge in [0, 0.05) is 29.3 Å². The third kappa shape index (κ3) is 6.50. The van der Waals surface area contributed by atoms with Crippen molar-refractivity contribution in [3.8, 4) is 5.75 Å². The molecular formula is C28H21BrCl2N2O6. The smallest absolute Gasteiger partial charge is 0.326 e. The molecule has 4 aromatic rings. The Kier molecular flexibility index (Phi) is 8.74. The van der Waals surface area contributed by atoms with Gasteiger partial charge >= 0.3 is 5.97 Å². The number of Topliss-reactive ketones (excluding diaryl/α,β-unsaturated/α-hetero) is 2. The molecule has 0 saturated heterocycles. The normalized spacial score (nSPS) is 11.8. The molecule has 4 rings (SSSR count). The lowest BCUT2D eigenvalue weighted by molar-refractivity contribution is -0.139. The summed E-state index contributed by atoms with van der Waals surface area (Å²) >= 11 is 16.0. The second-order valence-corrected chi connectivity index (χ2v) is 10.4. The number of aryl methyl sites for hydroxylation is 1. The minimum absolute atomic E-state index is 0.0960. The number of H-pyrrole nitrogens is 1. The molecule has 0 unspecified atom stereocenters. The number of hydrogen-bond acceptors (Lipinski definition) is 5. The Morgan fingerprint density at radius 3 is 2.28 bits per heavy atom. The number of phenolic OH excluding ortho intramolecular Hbond substituents is 1. The largest absolute Gasteiger partial charge is 0.508 e. The van der Waals surface area contributed by atoms with Gasteiger partial charge in [0.25, 0.3) is 5.91 Å². The van der Waals surface area contributed by atoms with E-state index in [1.54, 1.807) is 42.5 Å². The van der Waals surface area contributed by atoms with Crippen molar-refractivity contribution in [1.29, 1.82) is 0 Å². The summed E-state index contributed by atoms with van der Waals surface area (Å²) in [6.07, 6.45) is -0.140. The van der Waals surface area contributed by atoms with Gasteiger partial charge in [-0.1, -0.05) is 53.5 Å². The molecule has 0 spiro atoms. The minimum Gasteiger partial charge on any atom is -0.508 e. The van der Waals surface area contributed by atoms with Crippen molar-refractivity contribution in [2.24, 2.45) is 0 Å². The number of hydrogen-bond donors (Lipinski definition) is 4. The molecule has 1 aromatic heterocycles. The van der Waals surface area contributed by atoms with Gasteiger partial charge in [-0.25, -0.2) is 4.79 Å². The van der Waals surface area contributed by atoms with Crippen LogP contribution in [0.3, 0.4) is 0 Å². The van der Waals surface area contributed by atoms with E-state index < -0.39 is 30.1 Å². The van der Waals surface area contributed by atoms with Crippen LogP contribution in [-0.2, 0) is 11.2 Å². The standard InChI is InChI=1S/C28H21BrCl2N2O6/c29-25-17-6-1-2-7-20(17)32-26(25)27(37)33-21(28(38)39)13-23(36)24-18(30)11-15(12-19(24)31)22(35)9-8-14-4-3-5-16(34)10-14/h1-7,10-12,21,32,34H,8-9,13H2,(H,33,37)(H,38,39)/t21-/m0/s1. The van der Waals surface area contributed by atoms with Gasteiger partial charge in [0.1, 0.15) is 17.5 Å². The molecule has 0 aliphatic rings. The summed E-state index contributed by atoms with van der Waals surface area (Å²) in [5.74, 6) is -3.04. The fourth-order valence-electron chi connectivity index (χ4n) is 4.10. The predicted molar refractivity (Wildman–Crippen MR) is 151 cm³/mol. The van der Waals surface area contributed by atoms with Gasteiger partial charge in [0.2, 0.25) is 0 Å². The Balaban J connectivity index is 1.47. The lowest BCUT2D eigenvalue weighted by atomic mass is 9.98. The van der Waals surface area contributed by atoms with Crippen molar-refractivity contribution in [2.75, 3.05) is 0 Å². The number of carboxylic acids is 1. The van der Waals surface area contributed by atoms with Crippen LogP contribution in [0.1, 0.15) is 49.6 Å². The zero-order chi connectivity index (χ0) is 28.3. The van der Waals surface area contributed by atoms with Gasteiger partial charge < -0.3 is 20.5 Å². The maximum atomic E-state index is 13.0. The van der Waals surface area contributed by atoms with E-state index in [1.807, 2.05) is 0 Å². The number of ketones is 2. The fourth-order valence-corrected chi connectivity index (χ4v) is 5.42. The van der Waals surface area contributed by atoms with Gasteiger partial charge in [-0.05, 0) is 58.2 Å². The molecule has 1 amide bonds. The number of amides is 1. The number of fused-ring (bicyclic) bond motifs is 1. The first-order valence-corrected chi connectivity index (χ1v) is 13.2. The summed E-state index contributed by atoms with van der Waals surface area (Å²) in [5, 5.41) is 22.1. The molecule has 1 heterocycles. The summed E-state index contributed by atoms with van der Waals surface area (Å²) in [4.78, 5) is 53.4. The van der Waals surface area contributed by atoms with Crippen LogP contribution in [0.4, 0.5) is 0 Å². The molecule has 0 saturated carbocycles. The van der Waals surface area contributed by atoms with Gasteiger partial charge in [-0.2, -0.15) is 0 Å². The number of aromatic nitrogens is 1. The molecule has 1 atom stereocenters. The van der Waals surface area contributed by atoms with Gasteiger partial charge in [0.15, 0.2) is 11.6 Å². The first-order chi connectivity index (χ1) is 18.5. The third-order valence-corrected chi connectivity index (χ3v) is 7.48. The lowest BCUT2D eigenvalue weighted by Crippen LogP contribution is -2.42. The summed E-state index contributed by atoms with van der Waals surface area (Å²) in [5.41, 5.74) is 1.60. The van der Waals surface area contributed by atoms with Crippen LogP contribution in [0.25, 0.3) is 10.9 Å². The molecule has 200 valence electrons. The number of aromatic hydroxyl groups is 1. The van der Waals surface area contributed by atoms with E-state index in [4.69, 9.17) is 23.2 Å². The SMILES string of the molecule is O=C(CCc1cccc(O)c1)c1cc(Cl)c(C(=O)C[C@H](NC(=O)c2[nH]c3ccccc3c2Br)C(=O)O)c(Cl)c1. The average Bonchev–Trinajstić information content (AvgIpc) is 3.23. The van der Waals surface area contributed by atoms with E-state index in [1.165, 1.54) is 18.2 Å². The van der Waals surface area contributed by atoms with E-state index in [-0.39, 0.29) is 44.8 Å². The average molecular weight is 632 g/mol. The molecule has 0 radical (unpaired) electrons. The topological polar surface area (TPSA) is 137 Å². The van der Waals surface area contributed by atoms with Gasteiger partial charge in [-0.15, -0.1) is 0 Å². The quantitative estimate of drug-likeness (QED) is 0.154. The van der Waals surface area contributed by atoms with Crippen molar-refractivity contribution >= 4 is 73.5 Å². The number of nitrogens with one attached hydrogen (secondary N) is 2. The van der Waals surface area contributed by atoms with Crippen molar-refractivity contribution in [3.05, 3.63) is 97.6 Å². The van der Waals surface area contributed by atoms with Gasteiger partial charge in [0.05, 0.1) is 20.1 Å². The highest BCUT2D eigenvalue weighted by molar-refractivity contribution is 9.10. The molecule has 11 heteroatoms. The summed E-state index contributed by atoms with van der Waals surface area (Å²) < 4.78 is 0.460. The van der Waals surface area contributed by atoms with E-state index in [0.29, 0.717) is 16.4 Å². The number of halogens is 3. The second-order valence-electron chi connectivity index (χ2n) is 8.76. The number of para-hydroxylation sites is 1. The molecule has 0 aliphatic carbocycles. The van der Waals surface area contributed by atoms with Crippen molar-refractivity contribution < 1.29 is 29.4 Å². The molecule has 0 aliphatic heterocycles. The highest BCUT2D eigenvalue weighted by Gasteiger charge is 2.28. The van der Waals surface area contributed by atoms with Crippen LogP contribution in [-0.4, -0.2) is 44.7 Å². The van der Waals surface area contributed by atoms with Crippen molar-refractivity contribution in [2.45, 2.75) is 25.3 Å². The summed E-state index contributed by atoms with van der Waals surface area (Å²) in [7, 11) is 0. The maximum Gasteiger partial charge on any atom is 0.326 e. The Morgan fingerprint density at radius 1 is 0.949 bits per heavy atom. The number of benzene rings is 3. The molecule has 3 aromatic carbocycles.